The first kappa shape index (κ1) is 22.7. The van der Waals surface area contributed by atoms with Gasteiger partial charge >= 0.3 is 5.69 Å². The molecule has 0 unspecified atom stereocenters. The van der Waals surface area contributed by atoms with E-state index in [9.17, 15) is 14.4 Å². The molecular weight excluding hydrogens is 416 g/mol. The molecule has 0 N–H and O–H groups in total. The quantitative estimate of drug-likeness (QED) is 0.341. The zero-order valence-electron chi connectivity index (χ0n) is 18.8. The van der Waals surface area contributed by atoms with E-state index in [0.717, 1.165) is 10.1 Å². The lowest BCUT2D eigenvalue weighted by Gasteiger charge is -2.19. The molecule has 2 heterocycles. The summed E-state index contributed by atoms with van der Waals surface area (Å²) in [6.07, 6.45) is 0. The molecule has 3 rings (SSSR count). The minimum atomic E-state index is -0.442. The Bertz CT molecular complexity index is 1300. The van der Waals surface area contributed by atoms with Crippen molar-refractivity contribution in [1.82, 2.24) is 19.1 Å². The number of methoxy groups -OCH3 is 1. The number of rotatable bonds is 5. The Morgan fingerprint density at radius 2 is 1.81 bits per heavy atom. The first-order valence-corrected chi connectivity index (χ1v) is 10.7. The van der Waals surface area contributed by atoms with Gasteiger partial charge in [-0.15, -0.1) is 11.8 Å². The van der Waals surface area contributed by atoms with Crippen LogP contribution in [0.2, 0.25) is 0 Å². The van der Waals surface area contributed by atoms with Crippen LogP contribution in [-0.4, -0.2) is 32.0 Å². The maximum Gasteiger partial charge on any atom is 0.332 e. The normalized spacial score (nSPS) is 11.7. The number of carbonyl (C=O) groups excluding carboxylic acids is 1. The number of aryl methyl sites for hydroxylation is 1. The van der Waals surface area contributed by atoms with Gasteiger partial charge in [-0.3, -0.25) is 18.7 Å². The molecule has 0 radical (unpaired) electrons. The number of hydrogen-bond donors (Lipinski definition) is 0. The lowest BCUT2D eigenvalue weighted by atomic mass is 9.96. The predicted octanol–water partition coefficient (Wildman–Crippen LogP) is 2.83. The molecule has 8 nitrogen and oxygen atoms in total. The van der Waals surface area contributed by atoms with Crippen molar-refractivity contribution in [3.05, 3.63) is 56.0 Å². The molecule has 164 valence electrons. The second kappa shape index (κ2) is 8.30. The highest BCUT2D eigenvalue weighted by molar-refractivity contribution is 7.98. The summed E-state index contributed by atoms with van der Waals surface area (Å²) in [5.74, 6) is 1.56. The van der Waals surface area contributed by atoms with Crippen molar-refractivity contribution in [3.63, 3.8) is 0 Å². The second-order valence-electron chi connectivity index (χ2n) is 8.38. The number of thioether (sulfide) groups is 1. The van der Waals surface area contributed by atoms with Gasteiger partial charge in [-0.1, -0.05) is 20.8 Å². The molecule has 2 aromatic heterocycles. The van der Waals surface area contributed by atoms with Crippen LogP contribution in [0.5, 0.6) is 5.75 Å². The van der Waals surface area contributed by atoms with E-state index in [1.54, 1.807) is 32.4 Å². The molecule has 0 bridgehead atoms. The molecule has 3 aromatic rings. The summed E-state index contributed by atoms with van der Waals surface area (Å²) < 4.78 is 7.87. The van der Waals surface area contributed by atoms with Gasteiger partial charge in [0.25, 0.3) is 5.56 Å². The Labute approximate surface area is 184 Å². The van der Waals surface area contributed by atoms with Crippen molar-refractivity contribution < 1.29 is 9.53 Å². The molecular formula is C22H26N4O4S. The molecule has 0 aliphatic carbocycles. The number of ketones is 1. The number of benzene rings is 1. The zero-order valence-corrected chi connectivity index (χ0v) is 19.6. The Hall–Kier alpha value is -2.94. The minimum Gasteiger partial charge on any atom is -0.496 e. The predicted molar refractivity (Wildman–Crippen MR) is 121 cm³/mol. The summed E-state index contributed by atoms with van der Waals surface area (Å²) in [7, 11) is 4.60. The van der Waals surface area contributed by atoms with Crippen molar-refractivity contribution in [2.24, 2.45) is 14.1 Å². The Morgan fingerprint density at radius 3 is 2.39 bits per heavy atom. The molecule has 31 heavy (non-hydrogen) atoms. The van der Waals surface area contributed by atoms with Gasteiger partial charge in [0.1, 0.15) is 22.0 Å². The lowest BCUT2D eigenvalue weighted by molar-refractivity contribution is 0.101. The standard InChI is InChI=1S/C22H26N4O4S/c1-12(27)13-8-9-15(30-7)14(10-13)11-31-18-16-17(23-20(24-18)22(2,3)4)25(5)21(29)26(6)19(16)28/h8-10H,11H2,1-7H3. The van der Waals surface area contributed by atoms with Gasteiger partial charge in [0, 0.05) is 36.4 Å². The highest BCUT2D eigenvalue weighted by Crippen LogP contribution is 2.32. The summed E-state index contributed by atoms with van der Waals surface area (Å²) in [5.41, 5.74) is 0.434. The fraction of sp³-hybridized carbons (Fsp3) is 0.409. The van der Waals surface area contributed by atoms with Crippen LogP contribution < -0.4 is 16.0 Å². The zero-order chi connectivity index (χ0) is 23.1. The van der Waals surface area contributed by atoms with Crippen LogP contribution in [-0.2, 0) is 25.3 Å². The molecule has 0 spiro atoms. The number of fused-ring (bicyclic) bond motifs is 1. The number of Topliss-reactive ketones (excluding diaryl/α,β-unsaturated/α-hetero) is 1. The summed E-state index contributed by atoms with van der Waals surface area (Å²) in [5, 5.41) is 0.783. The number of carbonyl (C=O) groups is 1. The Kier molecular flexibility index (Phi) is 6.09. The van der Waals surface area contributed by atoms with Crippen LogP contribution in [0.1, 0.15) is 49.4 Å². The first-order valence-electron chi connectivity index (χ1n) is 9.74. The molecule has 0 atom stereocenters. The van der Waals surface area contributed by atoms with Gasteiger partial charge in [0.15, 0.2) is 11.4 Å². The van der Waals surface area contributed by atoms with Gasteiger partial charge in [-0.05, 0) is 25.1 Å². The number of ether oxygens (including phenoxy) is 1. The van der Waals surface area contributed by atoms with E-state index >= 15 is 0 Å². The van der Waals surface area contributed by atoms with E-state index in [-0.39, 0.29) is 11.2 Å². The van der Waals surface area contributed by atoms with E-state index in [0.29, 0.717) is 38.9 Å². The molecule has 0 saturated heterocycles. The number of nitrogens with zero attached hydrogens (tertiary/aromatic N) is 4. The average Bonchev–Trinajstić information content (AvgIpc) is 2.72. The van der Waals surface area contributed by atoms with Gasteiger partial charge < -0.3 is 4.74 Å². The Morgan fingerprint density at radius 1 is 1.13 bits per heavy atom. The highest BCUT2D eigenvalue weighted by Gasteiger charge is 2.24. The van der Waals surface area contributed by atoms with Gasteiger partial charge in [-0.25, -0.2) is 14.8 Å². The van der Waals surface area contributed by atoms with E-state index in [4.69, 9.17) is 4.74 Å². The molecule has 0 aliphatic heterocycles. The maximum absolute atomic E-state index is 12.9. The summed E-state index contributed by atoms with van der Waals surface area (Å²) in [6, 6.07) is 5.27. The van der Waals surface area contributed by atoms with Crippen LogP contribution in [0.15, 0.2) is 32.8 Å². The molecule has 1 aromatic carbocycles. The maximum atomic E-state index is 12.9. The molecule has 0 amide bonds. The fourth-order valence-corrected chi connectivity index (χ4v) is 4.12. The van der Waals surface area contributed by atoms with Crippen molar-refractivity contribution in [2.75, 3.05) is 7.11 Å². The van der Waals surface area contributed by atoms with Crippen molar-refractivity contribution in [2.45, 2.75) is 43.9 Å². The lowest BCUT2D eigenvalue weighted by Crippen LogP contribution is -2.38. The van der Waals surface area contributed by atoms with Gasteiger partial charge in [0.05, 0.1) is 7.11 Å². The summed E-state index contributed by atoms with van der Waals surface area (Å²) >= 11 is 1.35. The second-order valence-corrected chi connectivity index (χ2v) is 9.34. The van der Waals surface area contributed by atoms with Crippen LogP contribution in [0.4, 0.5) is 0 Å². The smallest absolute Gasteiger partial charge is 0.332 e. The topological polar surface area (TPSA) is 96.1 Å². The summed E-state index contributed by atoms with van der Waals surface area (Å²) in [4.78, 5) is 46.4. The van der Waals surface area contributed by atoms with E-state index in [1.807, 2.05) is 20.8 Å². The van der Waals surface area contributed by atoms with E-state index in [1.165, 1.54) is 30.3 Å². The third kappa shape index (κ3) is 4.27. The fourth-order valence-electron chi connectivity index (χ4n) is 3.13. The molecule has 9 heteroatoms. The number of aromatic nitrogens is 4. The average molecular weight is 443 g/mol. The molecule has 0 aliphatic rings. The minimum absolute atomic E-state index is 0.0414. The van der Waals surface area contributed by atoms with Crippen LogP contribution in [0.25, 0.3) is 11.0 Å². The third-order valence-corrected chi connectivity index (χ3v) is 6.01. The molecule has 0 saturated carbocycles. The molecule has 0 fully saturated rings. The van der Waals surface area contributed by atoms with E-state index in [2.05, 4.69) is 9.97 Å². The van der Waals surface area contributed by atoms with Gasteiger partial charge in [0.2, 0.25) is 0 Å². The van der Waals surface area contributed by atoms with E-state index < -0.39 is 11.2 Å². The van der Waals surface area contributed by atoms with Crippen LogP contribution >= 0.6 is 11.8 Å². The summed E-state index contributed by atoms with van der Waals surface area (Å²) in [6.45, 7) is 7.43. The van der Waals surface area contributed by atoms with Crippen molar-refractivity contribution in [3.8, 4) is 5.75 Å². The van der Waals surface area contributed by atoms with Crippen LogP contribution in [0, 0.1) is 0 Å². The first-order chi connectivity index (χ1) is 14.5. The third-order valence-electron chi connectivity index (χ3n) is 4.99. The Balaban J connectivity index is 2.21. The SMILES string of the molecule is COc1ccc(C(C)=O)cc1CSc1nc(C(C)(C)C)nc2c1c(=O)n(C)c(=O)n2C. The largest absolute Gasteiger partial charge is 0.496 e. The van der Waals surface area contributed by atoms with Gasteiger partial charge in [-0.2, -0.15) is 0 Å². The number of hydrogen-bond acceptors (Lipinski definition) is 7. The monoisotopic (exact) mass is 442 g/mol. The van der Waals surface area contributed by atoms with Crippen molar-refractivity contribution in [1.29, 1.82) is 0 Å². The van der Waals surface area contributed by atoms with Crippen molar-refractivity contribution >= 4 is 28.6 Å². The van der Waals surface area contributed by atoms with Crippen LogP contribution in [0.3, 0.4) is 0 Å². The highest BCUT2D eigenvalue weighted by atomic mass is 32.2.